The summed E-state index contributed by atoms with van der Waals surface area (Å²) in [6.07, 6.45) is 3.68. The molecule has 1 amide bonds. The van der Waals surface area contributed by atoms with E-state index in [-0.39, 0.29) is 17.9 Å². The van der Waals surface area contributed by atoms with Gasteiger partial charge in [0, 0.05) is 56.7 Å². The van der Waals surface area contributed by atoms with Crippen LogP contribution in [0, 0.1) is 5.92 Å². The lowest BCUT2D eigenvalue weighted by Gasteiger charge is -2.34. The second-order valence-electron chi connectivity index (χ2n) is 10.4. The average Bonchev–Trinajstić information content (AvgIpc) is 3.39. The number of morpholine rings is 1. The molecule has 38 heavy (non-hydrogen) atoms. The number of nitrogens with zero attached hydrogens (tertiary/aromatic N) is 7. The molecule has 10 heteroatoms. The van der Waals surface area contributed by atoms with E-state index in [1.165, 1.54) is 5.69 Å². The zero-order valence-electron chi connectivity index (χ0n) is 23.1. The monoisotopic (exact) mass is 520 g/mol. The van der Waals surface area contributed by atoms with Crippen molar-refractivity contribution in [2.45, 2.75) is 46.6 Å². The molecule has 1 unspecified atom stereocenters. The second-order valence-corrected chi connectivity index (χ2v) is 10.4. The minimum Gasteiger partial charge on any atom is -0.378 e. The van der Waals surface area contributed by atoms with E-state index >= 15 is 0 Å². The maximum atomic E-state index is 13.1. The Kier molecular flexibility index (Phi) is 7.97. The Bertz CT molecular complexity index is 1230. The molecule has 2 aliphatic heterocycles. The first-order valence-electron chi connectivity index (χ1n) is 14.0. The number of hydrogen-bond acceptors (Lipinski definition) is 8. The lowest BCUT2D eigenvalue weighted by atomic mass is 9.96. The lowest BCUT2D eigenvalue weighted by molar-refractivity contribution is -0.135. The normalized spacial score (nSPS) is 18.3. The van der Waals surface area contributed by atoms with Gasteiger partial charge in [0.25, 0.3) is 0 Å². The van der Waals surface area contributed by atoms with Crippen molar-refractivity contribution in [3.8, 4) is 0 Å². The summed E-state index contributed by atoms with van der Waals surface area (Å²) in [7, 11) is 0. The Morgan fingerprint density at radius 1 is 1.08 bits per heavy atom. The van der Waals surface area contributed by atoms with Crippen molar-refractivity contribution in [2.24, 2.45) is 5.92 Å². The minimum absolute atomic E-state index is 0.0397. The van der Waals surface area contributed by atoms with E-state index in [0.717, 1.165) is 75.6 Å². The number of piperidine rings is 1. The predicted molar refractivity (Wildman–Crippen MR) is 151 cm³/mol. The standard InChI is InChI=1S/C28H40N8O2/c1-5-33(6-2)27(37)21-8-7-13-35(18-21)28-31-25(24-26(32-28)36(19-29-24)20(3)4)30-22-9-11-23(12-10-22)34-14-16-38-17-15-34/h9-12,19-21H,5-8,13-18H2,1-4H3,(H,30,31,32). The molecular formula is C28H40N8O2. The number of hydrogen-bond donors (Lipinski definition) is 1. The van der Waals surface area contributed by atoms with Crippen molar-refractivity contribution in [3.63, 3.8) is 0 Å². The van der Waals surface area contributed by atoms with Gasteiger partial charge in [-0.3, -0.25) is 4.79 Å². The average molecular weight is 521 g/mol. The fourth-order valence-corrected chi connectivity index (χ4v) is 5.38. The van der Waals surface area contributed by atoms with E-state index < -0.39 is 0 Å². The molecule has 2 saturated heterocycles. The van der Waals surface area contributed by atoms with Crippen LogP contribution in [0.5, 0.6) is 0 Å². The van der Waals surface area contributed by atoms with Gasteiger partial charge >= 0.3 is 0 Å². The van der Waals surface area contributed by atoms with Gasteiger partial charge in [0.1, 0.15) is 0 Å². The van der Waals surface area contributed by atoms with Gasteiger partial charge in [-0.05, 0) is 64.8 Å². The molecule has 1 N–H and O–H groups in total. The van der Waals surface area contributed by atoms with Crippen molar-refractivity contribution >= 4 is 40.2 Å². The fraction of sp³-hybridized carbons (Fsp3) is 0.571. The molecule has 10 nitrogen and oxygen atoms in total. The molecule has 3 aromatic rings. The highest BCUT2D eigenvalue weighted by Gasteiger charge is 2.30. The quantitative estimate of drug-likeness (QED) is 0.475. The van der Waals surface area contributed by atoms with E-state index in [2.05, 4.69) is 62.8 Å². The molecule has 0 radical (unpaired) electrons. The van der Waals surface area contributed by atoms with Gasteiger partial charge in [-0.15, -0.1) is 0 Å². The van der Waals surface area contributed by atoms with Gasteiger partial charge in [0.15, 0.2) is 17.0 Å². The summed E-state index contributed by atoms with van der Waals surface area (Å²) in [5, 5.41) is 3.51. The number of anilines is 4. The molecule has 204 valence electrons. The van der Waals surface area contributed by atoms with Crippen LogP contribution < -0.4 is 15.1 Å². The summed E-state index contributed by atoms with van der Waals surface area (Å²) >= 11 is 0. The van der Waals surface area contributed by atoms with Crippen LogP contribution in [-0.2, 0) is 9.53 Å². The Morgan fingerprint density at radius 3 is 2.50 bits per heavy atom. The van der Waals surface area contributed by atoms with Gasteiger partial charge in [0.05, 0.1) is 25.5 Å². The van der Waals surface area contributed by atoms with Crippen LogP contribution in [0.15, 0.2) is 30.6 Å². The molecule has 1 atom stereocenters. The van der Waals surface area contributed by atoms with Crippen LogP contribution in [0.3, 0.4) is 0 Å². The fourth-order valence-electron chi connectivity index (χ4n) is 5.38. The van der Waals surface area contributed by atoms with E-state index in [9.17, 15) is 4.79 Å². The summed E-state index contributed by atoms with van der Waals surface area (Å²) in [6.45, 7) is 14.6. The van der Waals surface area contributed by atoms with E-state index in [0.29, 0.717) is 18.3 Å². The maximum Gasteiger partial charge on any atom is 0.229 e. The van der Waals surface area contributed by atoms with E-state index in [1.54, 1.807) is 0 Å². The summed E-state index contributed by atoms with van der Waals surface area (Å²) in [6, 6.07) is 8.64. The molecule has 1 aromatic carbocycles. The topological polar surface area (TPSA) is 91.7 Å². The number of carbonyl (C=O) groups excluding carboxylic acids is 1. The van der Waals surface area contributed by atoms with Crippen molar-refractivity contribution in [1.29, 1.82) is 0 Å². The molecule has 2 aromatic heterocycles. The number of nitrogens with one attached hydrogen (secondary N) is 1. The Hall–Kier alpha value is -3.40. The highest BCUT2D eigenvalue weighted by molar-refractivity contribution is 5.87. The van der Waals surface area contributed by atoms with Gasteiger partial charge in [-0.2, -0.15) is 9.97 Å². The number of ether oxygens (including phenoxy) is 1. The summed E-state index contributed by atoms with van der Waals surface area (Å²) in [5.74, 6) is 1.51. The third kappa shape index (κ3) is 5.41. The number of benzene rings is 1. The summed E-state index contributed by atoms with van der Waals surface area (Å²) in [4.78, 5) is 34.2. The van der Waals surface area contributed by atoms with Crippen LogP contribution in [0.4, 0.5) is 23.1 Å². The lowest BCUT2D eigenvalue weighted by Crippen LogP contribution is -2.45. The molecule has 0 saturated carbocycles. The Balaban J connectivity index is 1.43. The number of rotatable bonds is 8. The maximum absolute atomic E-state index is 13.1. The second kappa shape index (κ2) is 11.6. The first kappa shape index (κ1) is 26.2. The van der Waals surface area contributed by atoms with Gasteiger partial charge in [-0.1, -0.05) is 0 Å². The largest absolute Gasteiger partial charge is 0.378 e. The van der Waals surface area contributed by atoms with E-state index in [4.69, 9.17) is 14.7 Å². The highest BCUT2D eigenvalue weighted by Crippen LogP contribution is 2.30. The van der Waals surface area contributed by atoms with Crippen LogP contribution >= 0.6 is 0 Å². The van der Waals surface area contributed by atoms with Crippen LogP contribution in [0.1, 0.15) is 46.6 Å². The summed E-state index contributed by atoms with van der Waals surface area (Å²) in [5.41, 5.74) is 3.68. The smallest absolute Gasteiger partial charge is 0.229 e. The summed E-state index contributed by atoms with van der Waals surface area (Å²) < 4.78 is 7.56. The number of amides is 1. The molecule has 0 spiro atoms. The Morgan fingerprint density at radius 2 is 1.82 bits per heavy atom. The van der Waals surface area contributed by atoms with Crippen molar-refractivity contribution < 1.29 is 9.53 Å². The van der Waals surface area contributed by atoms with E-state index in [1.807, 2.05) is 25.1 Å². The van der Waals surface area contributed by atoms with Gasteiger partial charge in [-0.25, -0.2) is 4.98 Å². The highest BCUT2D eigenvalue weighted by atomic mass is 16.5. The number of fused-ring (bicyclic) bond motifs is 1. The van der Waals surface area contributed by atoms with Crippen LogP contribution in [0.2, 0.25) is 0 Å². The van der Waals surface area contributed by atoms with Crippen molar-refractivity contribution in [3.05, 3.63) is 30.6 Å². The molecule has 4 heterocycles. The SMILES string of the molecule is CCN(CC)C(=O)C1CCCN(c2nc(Nc3ccc(N4CCOCC4)cc3)c3ncn(C(C)C)c3n2)C1. The predicted octanol–water partition coefficient (Wildman–Crippen LogP) is 4.07. The first-order chi connectivity index (χ1) is 18.5. The zero-order chi connectivity index (χ0) is 26.6. The van der Waals surface area contributed by atoms with Gasteiger partial charge in [0.2, 0.25) is 11.9 Å². The molecule has 2 fully saturated rings. The van der Waals surface area contributed by atoms with Gasteiger partial charge < -0.3 is 29.3 Å². The molecular weight excluding hydrogens is 480 g/mol. The van der Waals surface area contributed by atoms with Crippen LogP contribution in [0.25, 0.3) is 11.2 Å². The minimum atomic E-state index is -0.0397. The van der Waals surface area contributed by atoms with Crippen LogP contribution in [-0.4, -0.2) is 82.8 Å². The molecule has 5 rings (SSSR count). The third-order valence-corrected chi connectivity index (χ3v) is 7.60. The molecule has 0 bridgehead atoms. The zero-order valence-corrected chi connectivity index (χ0v) is 23.1. The number of imidazole rings is 1. The molecule has 0 aliphatic carbocycles. The Labute approximate surface area is 225 Å². The third-order valence-electron chi connectivity index (χ3n) is 7.60. The molecule has 2 aliphatic rings. The number of aromatic nitrogens is 4. The van der Waals surface area contributed by atoms with Crippen molar-refractivity contribution in [1.82, 2.24) is 24.4 Å². The number of carbonyl (C=O) groups is 1. The first-order valence-corrected chi connectivity index (χ1v) is 14.0. The van der Waals surface area contributed by atoms with Crippen molar-refractivity contribution in [2.75, 3.05) is 67.6 Å².